The number of ether oxygens (including phenoxy) is 1. The summed E-state index contributed by atoms with van der Waals surface area (Å²) in [5.74, 6) is -0.624. The molecule has 0 spiro atoms. The number of nitrogens with zero attached hydrogens (tertiary/aromatic N) is 1. The average Bonchev–Trinajstić information content (AvgIpc) is 2.79. The van der Waals surface area contributed by atoms with Crippen molar-refractivity contribution >= 4 is 17.9 Å². The monoisotopic (exact) mass is 567 g/mol. The number of phenolic OH excluding ortho intramolecular Hbond substituents is 1. The molecule has 2 unspecified atom stereocenters. The fourth-order valence-electron chi connectivity index (χ4n) is 4.65. The molecule has 0 aromatic heterocycles. The van der Waals surface area contributed by atoms with E-state index in [1.807, 2.05) is 73.6 Å². The van der Waals surface area contributed by atoms with Gasteiger partial charge >= 0.3 is 6.09 Å². The molecule has 0 radical (unpaired) electrons. The van der Waals surface area contributed by atoms with Crippen molar-refractivity contribution in [2.24, 2.45) is 0 Å². The van der Waals surface area contributed by atoms with Gasteiger partial charge in [-0.15, -0.1) is 0 Å². The van der Waals surface area contributed by atoms with Crippen molar-refractivity contribution in [3.8, 4) is 5.75 Å². The molecule has 0 fully saturated rings. The van der Waals surface area contributed by atoms with E-state index in [1.165, 1.54) is 12.1 Å². The molecule has 0 aliphatic rings. The van der Waals surface area contributed by atoms with Gasteiger partial charge in [0.05, 0.1) is 0 Å². The predicted octanol–water partition coefficient (Wildman–Crippen LogP) is 6.12. The van der Waals surface area contributed by atoms with E-state index in [2.05, 4.69) is 10.6 Å². The van der Waals surface area contributed by atoms with Gasteiger partial charge in [-0.1, -0.05) is 48.4 Å². The highest BCUT2D eigenvalue weighted by Gasteiger charge is 2.44. The van der Waals surface area contributed by atoms with Crippen molar-refractivity contribution in [2.75, 3.05) is 0 Å². The predicted molar refractivity (Wildman–Crippen MR) is 163 cm³/mol. The van der Waals surface area contributed by atoms with Crippen LogP contribution in [0.3, 0.4) is 0 Å². The number of amides is 3. The van der Waals surface area contributed by atoms with Gasteiger partial charge in [-0.2, -0.15) is 0 Å². The number of alkyl carbamates (subject to hydrolysis) is 1. The Kier molecular flexibility index (Phi) is 10.6. The summed E-state index contributed by atoms with van der Waals surface area (Å²) in [6, 6.07) is 10.4. The third kappa shape index (κ3) is 10.1. The first-order valence-electron chi connectivity index (χ1n) is 14.2. The SMILES string of the molecule is CCC(C)(C)N(C(=O)C(Cc1ccc(O)cc1)NC(=O)OC(C)(C)C)C(C(=O)NC(C)(C)C)c1cc(C)cc(C)c1. The molecule has 8 nitrogen and oxygen atoms in total. The molecule has 41 heavy (non-hydrogen) atoms. The van der Waals surface area contributed by atoms with Crippen molar-refractivity contribution < 1.29 is 24.2 Å². The van der Waals surface area contributed by atoms with Crippen LogP contribution in [0, 0.1) is 13.8 Å². The smallest absolute Gasteiger partial charge is 0.408 e. The zero-order valence-corrected chi connectivity index (χ0v) is 26.6. The Hall–Kier alpha value is -3.55. The first-order valence-corrected chi connectivity index (χ1v) is 14.2. The third-order valence-corrected chi connectivity index (χ3v) is 6.68. The van der Waals surface area contributed by atoms with Crippen LogP contribution in [-0.2, 0) is 20.7 Å². The van der Waals surface area contributed by atoms with Crippen LogP contribution in [0.4, 0.5) is 4.79 Å². The number of aromatic hydroxyl groups is 1. The highest BCUT2D eigenvalue weighted by Crippen LogP contribution is 2.34. The van der Waals surface area contributed by atoms with Crippen molar-refractivity contribution in [2.45, 2.75) is 118 Å². The van der Waals surface area contributed by atoms with Crippen LogP contribution in [0.15, 0.2) is 42.5 Å². The Morgan fingerprint density at radius 1 is 0.902 bits per heavy atom. The Morgan fingerprint density at radius 2 is 1.44 bits per heavy atom. The van der Waals surface area contributed by atoms with Gasteiger partial charge in [0, 0.05) is 17.5 Å². The lowest BCUT2D eigenvalue weighted by atomic mass is 9.89. The van der Waals surface area contributed by atoms with Crippen LogP contribution >= 0.6 is 0 Å². The molecule has 0 heterocycles. The maximum absolute atomic E-state index is 14.7. The Bertz CT molecular complexity index is 1200. The highest BCUT2D eigenvalue weighted by molar-refractivity contribution is 5.93. The molecule has 3 amide bonds. The van der Waals surface area contributed by atoms with Crippen LogP contribution < -0.4 is 10.6 Å². The number of carbonyl (C=O) groups is 3. The molecular weight excluding hydrogens is 518 g/mol. The quantitative estimate of drug-likeness (QED) is 0.338. The third-order valence-electron chi connectivity index (χ3n) is 6.68. The highest BCUT2D eigenvalue weighted by atomic mass is 16.6. The normalized spacial score (nSPS) is 13.6. The number of nitrogens with one attached hydrogen (secondary N) is 2. The molecule has 2 rings (SSSR count). The molecule has 3 N–H and O–H groups in total. The van der Waals surface area contributed by atoms with E-state index in [-0.39, 0.29) is 18.1 Å². The van der Waals surface area contributed by atoms with Gasteiger partial charge < -0.3 is 25.4 Å². The van der Waals surface area contributed by atoms with Crippen LogP contribution in [-0.4, -0.2) is 50.6 Å². The fraction of sp³-hybridized carbons (Fsp3) is 0.545. The van der Waals surface area contributed by atoms with E-state index in [0.717, 1.165) is 16.7 Å². The first kappa shape index (κ1) is 33.7. The second-order valence-electron chi connectivity index (χ2n) is 13.5. The Balaban J connectivity index is 2.73. The lowest BCUT2D eigenvalue weighted by molar-refractivity contribution is -0.149. The summed E-state index contributed by atoms with van der Waals surface area (Å²) >= 11 is 0. The summed E-state index contributed by atoms with van der Waals surface area (Å²) in [7, 11) is 0. The van der Waals surface area contributed by atoms with E-state index >= 15 is 0 Å². The van der Waals surface area contributed by atoms with E-state index in [1.54, 1.807) is 37.8 Å². The molecule has 0 saturated carbocycles. The van der Waals surface area contributed by atoms with Gasteiger partial charge in [-0.25, -0.2) is 4.79 Å². The van der Waals surface area contributed by atoms with Gasteiger partial charge in [0.15, 0.2) is 0 Å². The number of hydrogen-bond donors (Lipinski definition) is 3. The second kappa shape index (κ2) is 13.0. The fourth-order valence-corrected chi connectivity index (χ4v) is 4.65. The minimum absolute atomic E-state index is 0.0965. The summed E-state index contributed by atoms with van der Waals surface area (Å²) in [4.78, 5) is 43.4. The standard InChI is InChI=1S/C33H49N3O5/c1-12-33(10,11)36(27(28(38)35-31(4,5)6)24-18-21(2)17-22(3)19-24)29(39)26(34-30(40)41-32(7,8)9)20-23-13-15-25(37)16-14-23/h13-19,26-27,37H,12,20H2,1-11H3,(H,34,40)(H,35,38). The molecule has 0 saturated heterocycles. The molecule has 2 aromatic carbocycles. The minimum atomic E-state index is -1.05. The zero-order valence-electron chi connectivity index (χ0n) is 26.6. The zero-order chi connectivity index (χ0) is 31.3. The average molecular weight is 568 g/mol. The number of hydrogen-bond acceptors (Lipinski definition) is 5. The molecule has 2 aromatic rings. The number of aryl methyl sites for hydroxylation is 2. The summed E-state index contributed by atoms with van der Waals surface area (Å²) < 4.78 is 5.52. The minimum Gasteiger partial charge on any atom is -0.508 e. The summed E-state index contributed by atoms with van der Waals surface area (Å²) in [5, 5.41) is 15.7. The maximum atomic E-state index is 14.7. The van der Waals surface area contributed by atoms with Gasteiger partial charge in [0.25, 0.3) is 0 Å². The molecular formula is C33H49N3O5. The maximum Gasteiger partial charge on any atom is 0.408 e. The van der Waals surface area contributed by atoms with Crippen molar-refractivity contribution in [3.05, 3.63) is 64.7 Å². The van der Waals surface area contributed by atoms with Crippen LogP contribution in [0.2, 0.25) is 0 Å². The van der Waals surface area contributed by atoms with Gasteiger partial charge in [-0.3, -0.25) is 9.59 Å². The second-order valence-corrected chi connectivity index (χ2v) is 13.5. The van der Waals surface area contributed by atoms with Crippen LogP contribution in [0.5, 0.6) is 5.75 Å². The van der Waals surface area contributed by atoms with E-state index in [4.69, 9.17) is 4.74 Å². The van der Waals surface area contributed by atoms with Gasteiger partial charge in [0.2, 0.25) is 11.8 Å². The molecule has 226 valence electrons. The van der Waals surface area contributed by atoms with E-state index in [9.17, 15) is 19.5 Å². The molecule has 0 aliphatic carbocycles. The largest absolute Gasteiger partial charge is 0.508 e. The lowest BCUT2D eigenvalue weighted by Crippen LogP contribution is -2.60. The van der Waals surface area contributed by atoms with Crippen molar-refractivity contribution in [1.82, 2.24) is 15.5 Å². The number of carbonyl (C=O) groups excluding carboxylic acids is 3. The number of benzene rings is 2. The van der Waals surface area contributed by atoms with Crippen LogP contribution in [0.25, 0.3) is 0 Å². The molecule has 0 bridgehead atoms. The molecule has 2 atom stereocenters. The van der Waals surface area contributed by atoms with Crippen LogP contribution in [0.1, 0.15) is 97.0 Å². The summed E-state index contributed by atoms with van der Waals surface area (Å²) in [6.07, 6.45) is -0.0398. The summed E-state index contributed by atoms with van der Waals surface area (Å²) in [6.45, 7) is 20.7. The molecule has 0 aliphatic heterocycles. The lowest BCUT2D eigenvalue weighted by Gasteiger charge is -2.45. The van der Waals surface area contributed by atoms with Gasteiger partial charge in [0.1, 0.15) is 23.4 Å². The molecule has 8 heteroatoms. The topological polar surface area (TPSA) is 108 Å². The van der Waals surface area contributed by atoms with Gasteiger partial charge in [-0.05, 0) is 98.9 Å². The van der Waals surface area contributed by atoms with E-state index in [0.29, 0.717) is 12.0 Å². The number of rotatable bonds is 9. The first-order chi connectivity index (χ1) is 18.7. The van der Waals surface area contributed by atoms with Crippen molar-refractivity contribution in [3.63, 3.8) is 0 Å². The Morgan fingerprint density at radius 3 is 1.90 bits per heavy atom. The summed E-state index contributed by atoms with van der Waals surface area (Å²) in [5.41, 5.74) is 1.29. The van der Waals surface area contributed by atoms with E-state index < -0.39 is 40.8 Å². The number of phenols is 1. The Labute approximate surface area is 245 Å². The van der Waals surface area contributed by atoms with Crippen molar-refractivity contribution in [1.29, 1.82) is 0 Å².